The van der Waals surface area contributed by atoms with Gasteiger partial charge in [0.2, 0.25) is 0 Å². The van der Waals surface area contributed by atoms with Gasteiger partial charge in [-0.05, 0) is 24.8 Å². The summed E-state index contributed by atoms with van der Waals surface area (Å²) in [6, 6.07) is 3.86. The Hall–Kier alpha value is -1.09. The molecule has 0 aliphatic heterocycles. The van der Waals surface area contributed by atoms with Crippen LogP contribution < -0.4 is 5.56 Å². The lowest BCUT2D eigenvalue weighted by atomic mass is 10.1. The number of hydrogen-bond acceptors (Lipinski definition) is 2. The molecule has 0 aromatic carbocycles. The molecular weight excluding hydrogens is 202 g/mol. The summed E-state index contributed by atoms with van der Waals surface area (Å²) in [7, 11) is 1.73. The standard InChI is InChI=1S/C13H19NO2/c1-10(2)11-5-4-8-14(12(11)15)9-13(16-3)6-7-13/h4-5,8,10H,6-7,9H2,1-3H3. The molecule has 1 aliphatic carbocycles. The summed E-state index contributed by atoms with van der Waals surface area (Å²) in [5.74, 6) is 0.276. The van der Waals surface area contributed by atoms with Crippen molar-refractivity contribution in [1.82, 2.24) is 4.57 Å². The zero-order chi connectivity index (χ0) is 11.8. The van der Waals surface area contributed by atoms with E-state index in [0.29, 0.717) is 6.54 Å². The van der Waals surface area contributed by atoms with E-state index in [2.05, 4.69) is 0 Å². The van der Waals surface area contributed by atoms with Gasteiger partial charge in [0, 0.05) is 18.9 Å². The van der Waals surface area contributed by atoms with Crippen LogP contribution in [0.2, 0.25) is 0 Å². The first-order valence-corrected chi connectivity index (χ1v) is 5.82. The number of pyridine rings is 1. The Kier molecular flexibility index (Phi) is 2.89. The van der Waals surface area contributed by atoms with Gasteiger partial charge in [0.15, 0.2) is 0 Å². The number of aromatic nitrogens is 1. The van der Waals surface area contributed by atoms with Crippen LogP contribution in [0, 0.1) is 0 Å². The van der Waals surface area contributed by atoms with Gasteiger partial charge in [-0.25, -0.2) is 0 Å². The fourth-order valence-electron chi connectivity index (χ4n) is 2.00. The van der Waals surface area contributed by atoms with E-state index in [1.54, 1.807) is 11.7 Å². The fourth-order valence-corrected chi connectivity index (χ4v) is 2.00. The normalized spacial score (nSPS) is 17.8. The maximum Gasteiger partial charge on any atom is 0.254 e. The van der Waals surface area contributed by atoms with Crippen molar-refractivity contribution in [1.29, 1.82) is 0 Å². The van der Waals surface area contributed by atoms with Gasteiger partial charge in [-0.1, -0.05) is 19.9 Å². The van der Waals surface area contributed by atoms with Crippen LogP contribution in [0.5, 0.6) is 0 Å². The molecule has 1 saturated carbocycles. The van der Waals surface area contributed by atoms with Crippen molar-refractivity contribution in [3.8, 4) is 0 Å². The highest BCUT2D eigenvalue weighted by atomic mass is 16.5. The molecule has 0 spiro atoms. The Balaban J connectivity index is 2.28. The second kappa shape index (κ2) is 4.06. The van der Waals surface area contributed by atoms with Gasteiger partial charge in [-0.2, -0.15) is 0 Å². The highest BCUT2D eigenvalue weighted by Crippen LogP contribution is 2.40. The van der Waals surface area contributed by atoms with Gasteiger partial charge >= 0.3 is 0 Å². The fraction of sp³-hybridized carbons (Fsp3) is 0.615. The molecule has 2 rings (SSSR count). The lowest BCUT2D eigenvalue weighted by molar-refractivity contribution is 0.0641. The monoisotopic (exact) mass is 221 g/mol. The van der Waals surface area contributed by atoms with Crippen LogP contribution in [0.1, 0.15) is 38.2 Å². The molecule has 0 unspecified atom stereocenters. The second-order valence-electron chi connectivity index (χ2n) is 4.94. The highest BCUT2D eigenvalue weighted by molar-refractivity contribution is 5.15. The summed E-state index contributed by atoms with van der Waals surface area (Å²) in [5, 5.41) is 0. The molecular formula is C13H19NO2. The van der Waals surface area contributed by atoms with Crippen LogP contribution in [0.4, 0.5) is 0 Å². The minimum absolute atomic E-state index is 0.0700. The third-order valence-corrected chi connectivity index (χ3v) is 3.37. The number of methoxy groups -OCH3 is 1. The highest BCUT2D eigenvalue weighted by Gasteiger charge is 2.43. The first-order valence-electron chi connectivity index (χ1n) is 5.82. The first kappa shape index (κ1) is 11.4. The van der Waals surface area contributed by atoms with E-state index >= 15 is 0 Å². The summed E-state index contributed by atoms with van der Waals surface area (Å²) in [6.07, 6.45) is 3.97. The molecule has 0 bridgehead atoms. The van der Waals surface area contributed by atoms with Crippen LogP contribution >= 0.6 is 0 Å². The summed E-state index contributed by atoms with van der Waals surface area (Å²) in [5.41, 5.74) is 0.939. The Bertz CT molecular complexity index is 430. The predicted molar refractivity (Wildman–Crippen MR) is 63.8 cm³/mol. The molecule has 1 aromatic heterocycles. The molecule has 3 heteroatoms. The average Bonchev–Trinajstić information content (AvgIpc) is 3.01. The summed E-state index contributed by atoms with van der Waals surface area (Å²) < 4.78 is 7.23. The summed E-state index contributed by atoms with van der Waals surface area (Å²) >= 11 is 0. The largest absolute Gasteiger partial charge is 0.376 e. The van der Waals surface area contributed by atoms with Gasteiger partial charge < -0.3 is 9.30 Å². The second-order valence-corrected chi connectivity index (χ2v) is 4.94. The van der Waals surface area contributed by atoms with Gasteiger partial charge in [0.25, 0.3) is 5.56 Å². The van der Waals surface area contributed by atoms with E-state index in [9.17, 15) is 4.79 Å². The van der Waals surface area contributed by atoms with Crippen molar-refractivity contribution in [3.05, 3.63) is 34.2 Å². The van der Waals surface area contributed by atoms with Crippen LogP contribution in [0.25, 0.3) is 0 Å². The zero-order valence-corrected chi connectivity index (χ0v) is 10.2. The Labute approximate surface area is 96.0 Å². The predicted octanol–water partition coefficient (Wildman–Crippen LogP) is 2.15. The number of rotatable bonds is 4. The quantitative estimate of drug-likeness (QED) is 0.780. The van der Waals surface area contributed by atoms with E-state index in [1.165, 1.54) is 0 Å². The van der Waals surface area contributed by atoms with Crippen molar-refractivity contribution in [2.24, 2.45) is 0 Å². The van der Waals surface area contributed by atoms with Gasteiger partial charge in [-0.3, -0.25) is 4.79 Å². The molecule has 3 nitrogen and oxygen atoms in total. The third-order valence-electron chi connectivity index (χ3n) is 3.37. The number of nitrogens with zero attached hydrogens (tertiary/aromatic N) is 1. The molecule has 0 N–H and O–H groups in total. The van der Waals surface area contributed by atoms with Crippen LogP contribution in [0.3, 0.4) is 0 Å². The molecule has 16 heavy (non-hydrogen) atoms. The average molecular weight is 221 g/mol. The number of ether oxygens (including phenoxy) is 1. The van der Waals surface area contributed by atoms with E-state index < -0.39 is 0 Å². The SMILES string of the molecule is COC1(Cn2cccc(C(C)C)c2=O)CC1. The molecule has 0 saturated heterocycles. The third kappa shape index (κ3) is 2.05. The Morgan fingerprint density at radius 3 is 2.69 bits per heavy atom. The molecule has 88 valence electrons. The van der Waals surface area contributed by atoms with E-state index in [1.807, 2.05) is 32.2 Å². The van der Waals surface area contributed by atoms with Gasteiger partial charge in [0.1, 0.15) is 0 Å². The molecule has 0 atom stereocenters. The smallest absolute Gasteiger partial charge is 0.254 e. The van der Waals surface area contributed by atoms with E-state index in [-0.39, 0.29) is 17.1 Å². The van der Waals surface area contributed by atoms with Crippen molar-refractivity contribution >= 4 is 0 Å². The maximum atomic E-state index is 12.1. The van der Waals surface area contributed by atoms with Crippen molar-refractivity contribution in [2.75, 3.05) is 7.11 Å². The van der Waals surface area contributed by atoms with Crippen LogP contribution in [-0.4, -0.2) is 17.3 Å². The minimum Gasteiger partial charge on any atom is -0.376 e. The topological polar surface area (TPSA) is 31.2 Å². The van der Waals surface area contributed by atoms with E-state index in [4.69, 9.17) is 4.74 Å². The lowest BCUT2D eigenvalue weighted by Crippen LogP contribution is -2.30. The van der Waals surface area contributed by atoms with E-state index in [0.717, 1.165) is 18.4 Å². The van der Waals surface area contributed by atoms with Crippen molar-refractivity contribution < 1.29 is 4.74 Å². The summed E-state index contributed by atoms with van der Waals surface area (Å²) in [6.45, 7) is 4.78. The first-order chi connectivity index (χ1) is 7.58. The van der Waals surface area contributed by atoms with Gasteiger partial charge in [-0.15, -0.1) is 0 Å². The molecule has 1 aromatic rings. The molecule has 1 heterocycles. The molecule has 1 fully saturated rings. The molecule has 0 amide bonds. The molecule has 1 aliphatic rings. The Morgan fingerprint density at radius 2 is 2.19 bits per heavy atom. The maximum absolute atomic E-state index is 12.1. The van der Waals surface area contributed by atoms with Crippen molar-refractivity contribution in [3.63, 3.8) is 0 Å². The lowest BCUT2D eigenvalue weighted by Gasteiger charge is -2.16. The van der Waals surface area contributed by atoms with Crippen LogP contribution in [-0.2, 0) is 11.3 Å². The zero-order valence-electron chi connectivity index (χ0n) is 10.2. The number of hydrogen-bond donors (Lipinski definition) is 0. The van der Waals surface area contributed by atoms with Gasteiger partial charge in [0.05, 0.1) is 12.1 Å². The molecule has 0 radical (unpaired) electrons. The van der Waals surface area contributed by atoms with Crippen molar-refractivity contribution in [2.45, 2.75) is 44.8 Å². The van der Waals surface area contributed by atoms with Crippen LogP contribution in [0.15, 0.2) is 23.1 Å². The summed E-state index contributed by atoms with van der Waals surface area (Å²) in [4.78, 5) is 12.1. The Morgan fingerprint density at radius 1 is 1.50 bits per heavy atom. The minimum atomic E-state index is -0.0700.